The molecule has 0 atom stereocenters. The van der Waals surface area contributed by atoms with Crippen molar-refractivity contribution in [3.63, 3.8) is 0 Å². The summed E-state index contributed by atoms with van der Waals surface area (Å²) >= 11 is 0. The van der Waals surface area contributed by atoms with Gasteiger partial charge in [0.25, 0.3) is 0 Å². The summed E-state index contributed by atoms with van der Waals surface area (Å²) in [7, 11) is -2.29. The van der Waals surface area contributed by atoms with Crippen LogP contribution in [0.25, 0.3) is 0 Å². The van der Waals surface area contributed by atoms with Gasteiger partial charge >= 0.3 is 0 Å². The van der Waals surface area contributed by atoms with Crippen molar-refractivity contribution in [3.8, 4) is 0 Å². The molecule has 0 bridgehead atoms. The number of likely N-dealkylation sites (N-methyl/N-ethyl adjacent to an activating group) is 1. The summed E-state index contributed by atoms with van der Waals surface area (Å²) in [4.78, 5) is 12.3. The molecular formula is C19H24N2O3S. The zero-order valence-corrected chi connectivity index (χ0v) is 15.8. The number of hydrogen-bond donors (Lipinski definition) is 1. The van der Waals surface area contributed by atoms with Gasteiger partial charge < -0.3 is 5.32 Å². The van der Waals surface area contributed by atoms with Crippen molar-refractivity contribution in [2.75, 3.05) is 18.9 Å². The van der Waals surface area contributed by atoms with Crippen molar-refractivity contribution in [2.24, 2.45) is 0 Å². The van der Waals surface area contributed by atoms with E-state index in [2.05, 4.69) is 19.2 Å². The Morgan fingerprint density at radius 1 is 1.04 bits per heavy atom. The standard InChI is InChI=1S/C19H24N2O3S/c1-14(2)16-7-9-17(10-8-16)20-19(22)13-21(4)25(23,24)18-11-5-15(3)6-12-18/h5-12,14H,13H2,1-4H3,(H,20,22). The highest BCUT2D eigenvalue weighted by Gasteiger charge is 2.22. The highest BCUT2D eigenvalue weighted by atomic mass is 32.2. The van der Waals surface area contributed by atoms with Gasteiger partial charge in [-0.2, -0.15) is 4.31 Å². The Morgan fingerprint density at radius 3 is 2.12 bits per heavy atom. The summed E-state index contributed by atoms with van der Waals surface area (Å²) in [6.07, 6.45) is 0. The van der Waals surface area contributed by atoms with Crippen molar-refractivity contribution in [1.82, 2.24) is 4.31 Å². The summed E-state index contributed by atoms with van der Waals surface area (Å²) in [6, 6.07) is 14.1. The van der Waals surface area contributed by atoms with E-state index in [1.54, 1.807) is 24.3 Å². The van der Waals surface area contributed by atoms with Crippen molar-refractivity contribution in [1.29, 1.82) is 0 Å². The first-order valence-electron chi connectivity index (χ1n) is 8.13. The van der Waals surface area contributed by atoms with E-state index in [4.69, 9.17) is 0 Å². The molecule has 0 aliphatic carbocycles. The number of aryl methyl sites for hydroxylation is 1. The maximum Gasteiger partial charge on any atom is 0.243 e. The maximum atomic E-state index is 12.5. The van der Waals surface area contributed by atoms with E-state index < -0.39 is 10.0 Å². The van der Waals surface area contributed by atoms with Crippen LogP contribution in [0.4, 0.5) is 5.69 Å². The van der Waals surface area contributed by atoms with Gasteiger partial charge in [-0.1, -0.05) is 43.7 Å². The lowest BCUT2D eigenvalue weighted by atomic mass is 10.0. The molecule has 0 aliphatic heterocycles. The molecule has 2 aromatic carbocycles. The second-order valence-corrected chi connectivity index (χ2v) is 8.44. The highest BCUT2D eigenvalue weighted by molar-refractivity contribution is 7.89. The van der Waals surface area contributed by atoms with Crippen LogP contribution in [-0.4, -0.2) is 32.2 Å². The number of carbonyl (C=O) groups is 1. The number of carbonyl (C=O) groups excluding carboxylic acids is 1. The van der Waals surface area contributed by atoms with Gasteiger partial charge in [0, 0.05) is 12.7 Å². The Hall–Kier alpha value is -2.18. The minimum Gasteiger partial charge on any atom is -0.325 e. The van der Waals surface area contributed by atoms with Crippen molar-refractivity contribution < 1.29 is 13.2 Å². The largest absolute Gasteiger partial charge is 0.325 e. The monoisotopic (exact) mass is 360 g/mol. The molecule has 134 valence electrons. The van der Waals surface area contributed by atoms with E-state index in [1.165, 1.54) is 12.6 Å². The Labute approximate surface area is 149 Å². The molecule has 2 rings (SSSR count). The molecule has 0 fully saturated rings. The third-order valence-corrected chi connectivity index (χ3v) is 5.77. The number of anilines is 1. The van der Waals surface area contributed by atoms with Crippen LogP contribution >= 0.6 is 0 Å². The summed E-state index contributed by atoms with van der Waals surface area (Å²) in [5, 5.41) is 2.73. The SMILES string of the molecule is Cc1ccc(S(=O)(=O)N(C)CC(=O)Nc2ccc(C(C)C)cc2)cc1. The van der Waals surface area contributed by atoms with Crippen LogP contribution in [0.3, 0.4) is 0 Å². The molecule has 6 heteroatoms. The first-order valence-corrected chi connectivity index (χ1v) is 9.57. The highest BCUT2D eigenvalue weighted by Crippen LogP contribution is 2.18. The minimum atomic E-state index is -3.69. The maximum absolute atomic E-state index is 12.5. The van der Waals surface area contributed by atoms with E-state index in [9.17, 15) is 13.2 Å². The Bertz CT molecular complexity index is 826. The lowest BCUT2D eigenvalue weighted by Gasteiger charge is -2.17. The molecule has 0 radical (unpaired) electrons. The molecule has 5 nitrogen and oxygen atoms in total. The van der Waals surface area contributed by atoms with Crippen molar-refractivity contribution in [3.05, 3.63) is 59.7 Å². The van der Waals surface area contributed by atoms with Gasteiger partial charge in [0.15, 0.2) is 0 Å². The molecule has 25 heavy (non-hydrogen) atoms. The van der Waals surface area contributed by atoms with E-state index in [-0.39, 0.29) is 17.3 Å². The van der Waals surface area contributed by atoms with Gasteiger partial charge in [-0.05, 0) is 42.7 Å². The van der Waals surface area contributed by atoms with Crippen molar-refractivity contribution >= 4 is 21.6 Å². The first kappa shape index (κ1) is 19.1. The van der Waals surface area contributed by atoms with Crippen molar-refractivity contribution in [2.45, 2.75) is 31.6 Å². The second-order valence-electron chi connectivity index (χ2n) is 6.40. The van der Waals surface area contributed by atoms with E-state index in [0.717, 1.165) is 9.87 Å². The number of rotatable bonds is 6. The second kappa shape index (κ2) is 7.80. The van der Waals surface area contributed by atoms with Gasteiger partial charge in [-0.15, -0.1) is 0 Å². The van der Waals surface area contributed by atoms with Gasteiger partial charge in [0.2, 0.25) is 15.9 Å². The van der Waals surface area contributed by atoms with Crippen LogP contribution in [0.2, 0.25) is 0 Å². The Kier molecular flexibility index (Phi) is 5.98. The Morgan fingerprint density at radius 2 is 1.60 bits per heavy atom. The number of amides is 1. The lowest BCUT2D eigenvalue weighted by molar-refractivity contribution is -0.116. The van der Waals surface area contributed by atoms with Gasteiger partial charge in [0.1, 0.15) is 0 Å². The molecule has 1 amide bonds. The van der Waals surface area contributed by atoms with E-state index >= 15 is 0 Å². The van der Waals surface area contributed by atoms with Gasteiger partial charge in [-0.25, -0.2) is 8.42 Å². The molecule has 0 unspecified atom stereocenters. The zero-order chi connectivity index (χ0) is 18.6. The summed E-state index contributed by atoms with van der Waals surface area (Å²) < 4.78 is 26.0. The molecule has 1 N–H and O–H groups in total. The van der Waals surface area contributed by atoms with Crippen LogP contribution in [0, 0.1) is 6.92 Å². The molecule has 2 aromatic rings. The molecular weight excluding hydrogens is 336 g/mol. The molecule has 0 aliphatic rings. The molecule has 0 heterocycles. The molecule has 0 spiro atoms. The van der Waals surface area contributed by atoms with Crippen LogP contribution in [0.15, 0.2) is 53.4 Å². The minimum absolute atomic E-state index is 0.176. The van der Waals surface area contributed by atoms with Gasteiger partial charge in [0.05, 0.1) is 11.4 Å². The fraction of sp³-hybridized carbons (Fsp3) is 0.316. The normalized spacial score (nSPS) is 11.8. The Balaban J connectivity index is 2.02. The summed E-state index contributed by atoms with van der Waals surface area (Å²) in [5.74, 6) is 0.0334. The number of hydrogen-bond acceptors (Lipinski definition) is 3. The van der Waals surface area contributed by atoms with E-state index in [0.29, 0.717) is 11.6 Å². The topological polar surface area (TPSA) is 66.5 Å². The van der Waals surface area contributed by atoms with Gasteiger partial charge in [-0.3, -0.25) is 4.79 Å². The summed E-state index contributed by atoms with van der Waals surface area (Å²) in [5.41, 5.74) is 2.80. The van der Waals surface area contributed by atoms with Crippen LogP contribution in [0.5, 0.6) is 0 Å². The lowest BCUT2D eigenvalue weighted by Crippen LogP contribution is -2.34. The number of nitrogens with one attached hydrogen (secondary N) is 1. The van der Waals surface area contributed by atoms with Crippen LogP contribution in [0.1, 0.15) is 30.9 Å². The molecule has 0 saturated carbocycles. The number of nitrogens with zero attached hydrogens (tertiary/aromatic N) is 1. The average Bonchev–Trinajstić information content (AvgIpc) is 2.55. The number of sulfonamides is 1. The predicted octanol–water partition coefficient (Wildman–Crippen LogP) is 3.38. The predicted molar refractivity (Wildman–Crippen MR) is 100 cm³/mol. The third-order valence-electron chi connectivity index (χ3n) is 3.96. The fourth-order valence-corrected chi connectivity index (χ4v) is 3.46. The zero-order valence-electron chi connectivity index (χ0n) is 15.0. The average molecular weight is 360 g/mol. The smallest absolute Gasteiger partial charge is 0.243 e. The fourth-order valence-electron chi connectivity index (χ4n) is 2.33. The third kappa shape index (κ3) is 4.90. The quantitative estimate of drug-likeness (QED) is 0.859. The summed E-state index contributed by atoms with van der Waals surface area (Å²) in [6.45, 7) is 5.83. The molecule has 0 saturated heterocycles. The number of benzene rings is 2. The first-order chi connectivity index (χ1) is 11.7. The van der Waals surface area contributed by atoms with Crippen LogP contribution in [-0.2, 0) is 14.8 Å². The molecule has 0 aromatic heterocycles. The van der Waals surface area contributed by atoms with Crippen LogP contribution < -0.4 is 5.32 Å². The van der Waals surface area contributed by atoms with E-state index in [1.807, 2.05) is 31.2 Å².